The lowest BCUT2D eigenvalue weighted by Gasteiger charge is -2.18. The molecule has 0 radical (unpaired) electrons. The average Bonchev–Trinajstić information content (AvgIpc) is 2.69. The molecular formula is C22H26ClFN2O3. The minimum atomic E-state index is -0.212. The van der Waals surface area contributed by atoms with Gasteiger partial charge >= 0.3 is 0 Å². The van der Waals surface area contributed by atoms with Crippen molar-refractivity contribution in [1.29, 1.82) is 0 Å². The van der Waals surface area contributed by atoms with E-state index in [-0.39, 0.29) is 36.5 Å². The standard InChI is InChI=1S/C22H25FN2O3.ClH/c1-25(13-11-16-6-2-3-7-18(16)23)12-5-4-8-20(26)17-9-10-21-19(14-17)24-22(27)15-28-21;/h2-3,6-7,9-10,14H,4-5,8,11-13,15H2,1H3,(H,24,27);1H. The zero-order chi connectivity index (χ0) is 19.9. The van der Waals surface area contributed by atoms with Crippen LogP contribution in [0.1, 0.15) is 35.2 Å². The molecular weight excluding hydrogens is 395 g/mol. The van der Waals surface area contributed by atoms with Crippen LogP contribution < -0.4 is 10.1 Å². The van der Waals surface area contributed by atoms with Crippen LogP contribution in [0, 0.1) is 5.82 Å². The molecule has 2 aromatic carbocycles. The number of fused-ring (bicyclic) bond motifs is 1. The highest BCUT2D eigenvalue weighted by Gasteiger charge is 2.17. The fraction of sp³-hybridized carbons (Fsp3) is 0.364. The van der Waals surface area contributed by atoms with Crippen LogP contribution in [0.5, 0.6) is 5.75 Å². The van der Waals surface area contributed by atoms with Gasteiger partial charge in [0.25, 0.3) is 5.91 Å². The van der Waals surface area contributed by atoms with Crippen LogP contribution in [0.4, 0.5) is 10.1 Å². The van der Waals surface area contributed by atoms with Gasteiger partial charge in [-0.2, -0.15) is 0 Å². The van der Waals surface area contributed by atoms with Gasteiger partial charge in [-0.15, -0.1) is 12.4 Å². The van der Waals surface area contributed by atoms with Gasteiger partial charge in [-0.25, -0.2) is 4.39 Å². The van der Waals surface area contributed by atoms with E-state index < -0.39 is 0 Å². The molecule has 1 N–H and O–H groups in total. The SMILES string of the molecule is CN(CCCCC(=O)c1ccc2c(c1)NC(=O)CO2)CCc1ccccc1F.Cl. The molecule has 0 aromatic heterocycles. The number of nitrogens with one attached hydrogen (secondary N) is 1. The molecule has 3 rings (SSSR count). The summed E-state index contributed by atoms with van der Waals surface area (Å²) in [7, 11) is 2.01. The third kappa shape index (κ3) is 6.54. The predicted molar refractivity (Wildman–Crippen MR) is 114 cm³/mol. The van der Waals surface area contributed by atoms with Crippen LogP contribution in [-0.4, -0.2) is 43.3 Å². The Balaban J connectivity index is 0.00000300. The Hall–Kier alpha value is -2.44. The van der Waals surface area contributed by atoms with Gasteiger partial charge in [0, 0.05) is 18.5 Å². The summed E-state index contributed by atoms with van der Waals surface area (Å²) in [6, 6.07) is 12.0. The van der Waals surface area contributed by atoms with Crippen LogP contribution in [-0.2, 0) is 11.2 Å². The summed E-state index contributed by atoms with van der Waals surface area (Å²) in [6.45, 7) is 1.64. The van der Waals surface area contributed by atoms with Gasteiger partial charge in [0.2, 0.25) is 0 Å². The van der Waals surface area contributed by atoms with E-state index in [4.69, 9.17) is 4.74 Å². The molecule has 0 bridgehead atoms. The number of carbonyl (C=O) groups is 2. The zero-order valence-electron chi connectivity index (χ0n) is 16.4. The van der Waals surface area contributed by atoms with Crippen LogP contribution in [0.2, 0.25) is 0 Å². The number of halogens is 2. The Kier molecular flexibility index (Phi) is 8.61. The lowest BCUT2D eigenvalue weighted by Crippen LogP contribution is -2.25. The first kappa shape index (κ1) is 22.8. The first-order valence-electron chi connectivity index (χ1n) is 9.55. The van der Waals surface area contributed by atoms with E-state index in [0.717, 1.165) is 31.5 Å². The van der Waals surface area contributed by atoms with E-state index in [1.54, 1.807) is 24.3 Å². The minimum Gasteiger partial charge on any atom is -0.482 e. The van der Waals surface area contributed by atoms with Gasteiger partial charge in [-0.1, -0.05) is 18.2 Å². The van der Waals surface area contributed by atoms with Gasteiger partial charge in [0.15, 0.2) is 12.4 Å². The first-order valence-corrected chi connectivity index (χ1v) is 9.55. The van der Waals surface area contributed by atoms with Crippen LogP contribution in [0.3, 0.4) is 0 Å². The lowest BCUT2D eigenvalue weighted by atomic mass is 10.0. The molecule has 1 aliphatic rings. The molecule has 0 fully saturated rings. The maximum Gasteiger partial charge on any atom is 0.262 e. The average molecular weight is 421 g/mol. The summed E-state index contributed by atoms with van der Waals surface area (Å²) >= 11 is 0. The molecule has 7 heteroatoms. The van der Waals surface area contributed by atoms with Gasteiger partial charge in [-0.05, 0) is 62.7 Å². The summed E-state index contributed by atoms with van der Waals surface area (Å²) in [5.74, 6) is 0.271. The van der Waals surface area contributed by atoms with E-state index in [1.807, 2.05) is 19.2 Å². The topological polar surface area (TPSA) is 58.6 Å². The Morgan fingerprint density at radius 1 is 1.17 bits per heavy atom. The van der Waals surface area contributed by atoms with Crippen molar-refractivity contribution in [3.05, 3.63) is 59.4 Å². The van der Waals surface area contributed by atoms with E-state index in [0.29, 0.717) is 29.8 Å². The normalized spacial score (nSPS) is 12.6. The molecule has 1 aliphatic heterocycles. The molecule has 0 saturated carbocycles. The maximum absolute atomic E-state index is 13.6. The number of Topliss-reactive ketones (excluding diaryl/α,β-unsaturated/α-hetero) is 1. The highest BCUT2D eigenvalue weighted by Crippen LogP contribution is 2.29. The Morgan fingerprint density at radius 2 is 1.97 bits per heavy atom. The highest BCUT2D eigenvalue weighted by atomic mass is 35.5. The highest BCUT2D eigenvalue weighted by molar-refractivity contribution is 6.00. The van der Waals surface area contributed by atoms with Crippen molar-refractivity contribution in [3.8, 4) is 5.75 Å². The van der Waals surface area contributed by atoms with Gasteiger partial charge in [-0.3, -0.25) is 9.59 Å². The number of benzene rings is 2. The number of unbranched alkanes of at least 4 members (excludes halogenated alkanes) is 1. The maximum atomic E-state index is 13.6. The minimum absolute atomic E-state index is 0. The second-order valence-corrected chi connectivity index (χ2v) is 7.07. The molecule has 5 nitrogen and oxygen atoms in total. The molecule has 0 atom stereocenters. The second-order valence-electron chi connectivity index (χ2n) is 7.07. The van der Waals surface area contributed by atoms with Crippen molar-refractivity contribution in [2.24, 2.45) is 0 Å². The number of hydrogen-bond donors (Lipinski definition) is 1. The van der Waals surface area contributed by atoms with Crippen molar-refractivity contribution in [2.45, 2.75) is 25.7 Å². The first-order chi connectivity index (χ1) is 13.5. The van der Waals surface area contributed by atoms with Crippen molar-refractivity contribution >= 4 is 29.8 Å². The molecule has 1 amide bonds. The van der Waals surface area contributed by atoms with Crippen molar-refractivity contribution < 1.29 is 18.7 Å². The number of nitrogens with zero attached hydrogens (tertiary/aromatic N) is 1. The fourth-order valence-corrected chi connectivity index (χ4v) is 3.19. The Morgan fingerprint density at radius 3 is 2.76 bits per heavy atom. The Bertz CT molecular complexity index is 860. The molecule has 156 valence electrons. The summed E-state index contributed by atoms with van der Waals surface area (Å²) in [6.07, 6.45) is 2.80. The number of carbonyl (C=O) groups excluding carboxylic acids is 2. The van der Waals surface area contributed by atoms with E-state index >= 15 is 0 Å². The lowest BCUT2D eigenvalue weighted by molar-refractivity contribution is -0.118. The number of ketones is 1. The summed E-state index contributed by atoms with van der Waals surface area (Å²) in [5.41, 5.74) is 1.86. The van der Waals surface area contributed by atoms with Crippen molar-refractivity contribution in [2.75, 3.05) is 32.1 Å². The molecule has 2 aromatic rings. The van der Waals surface area contributed by atoms with Crippen LogP contribution in [0.25, 0.3) is 0 Å². The quantitative estimate of drug-likeness (QED) is 0.490. The summed E-state index contributed by atoms with van der Waals surface area (Å²) in [4.78, 5) is 25.9. The zero-order valence-corrected chi connectivity index (χ0v) is 17.3. The number of ether oxygens (including phenoxy) is 1. The smallest absolute Gasteiger partial charge is 0.262 e. The van der Waals surface area contributed by atoms with E-state index in [2.05, 4.69) is 10.2 Å². The molecule has 29 heavy (non-hydrogen) atoms. The summed E-state index contributed by atoms with van der Waals surface area (Å²) in [5, 5.41) is 2.72. The van der Waals surface area contributed by atoms with Crippen molar-refractivity contribution in [3.63, 3.8) is 0 Å². The van der Waals surface area contributed by atoms with Crippen LogP contribution in [0.15, 0.2) is 42.5 Å². The second kappa shape index (κ2) is 10.9. The monoisotopic (exact) mass is 420 g/mol. The fourth-order valence-electron chi connectivity index (χ4n) is 3.19. The third-order valence-electron chi connectivity index (χ3n) is 4.85. The number of anilines is 1. The number of rotatable bonds is 9. The van der Waals surface area contributed by atoms with Gasteiger partial charge in [0.05, 0.1) is 5.69 Å². The third-order valence-corrected chi connectivity index (χ3v) is 4.85. The number of amides is 1. The van der Waals surface area contributed by atoms with E-state index in [1.165, 1.54) is 6.07 Å². The Labute approximate surface area is 176 Å². The van der Waals surface area contributed by atoms with E-state index in [9.17, 15) is 14.0 Å². The molecule has 0 saturated heterocycles. The molecule has 0 spiro atoms. The van der Waals surface area contributed by atoms with Crippen molar-refractivity contribution in [1.82, 2.24) is 4.90 Å². The molecule has 1 heterocycles. The molecule has 0 unspecified atom stereocenters. The van der Waals surface area contributed by atoms with Gasteiger partial charge in [0.1, 0.15) is 11.6 Å². The summed E-state index contributed by atoms with van der Waals surface area (Å²) < 4.78 is 18.9. The number of likely N-dealkylation sites (N-methyl/N-ethyl adjacent to an activating group) is 1. The van der Waals surface area contributed by atoms with Crippen LogP contribution >= 0.6 is 12.4 Å². The largest absolute Gasteiger partial charge is 0.482 e. The number of hydrogen-bond acceptors (Lipinski definition) is 4. The van der Waals surface area contributed by atoms with Gasteiger partial charge < -0.3 is 15.0 Å². The predicted octanol–water partition coefficient (Wildman–Crippen LogP) is 4.11. The molecule has 0 aliphatic carbocycles.